The van der Waals surface area contributed by atoms with E-state index >= 15 is 0 Å². The normalized spacial score (nSPS) is 19.6. The summed E-state index contributed by atoms with van der Waals surface area (Å²) in [5.41, 5.74) is -1.67. The highest BCUT2D eigenvalue weighted by atomic mass is 32.2. The number of nitrogens with one attached hydrogen (secondary N) is 2. The van der Waals surface area contributed by atoms with Crippen LogP contribution in [0, 0.1) is 5.92 Å². The number of amides is 2. The number of hydrogen-bond donors (Lipinski definition) is 2. The molecule has 2 amide bonds. The topological polar surface area (TPSA) is 134 Å². The van der Waals surface area contributed by atoms with E-state index in [9.17, 15) is 22.8 Å². The Morgan fingerprint density at radius 1 is 1.07 bits per heavy atom. The highest BCUT2D eigenvalue weighted by molar-refractivity contribution is 7.89. The summed E-state index contributed by atoms with van der Waals surface area (Å²) in [6.45, 7) is 5.99. The molecular weight excluding hydrogens is 532 g/mol. The Kier molecular flexibility index (Phi) is 8.74. The lowest BCUT2D eigenvalue weighted by Gasteiger charge is -2.35. The van der Waals surface area contributed by atoms with Crippen LogP contribution in [0.15, 0.2) is 64.5 Å². The number of hydrogen-bond acceptors (Lipinski definition) is 7. The van der Waals surface area contributed by atoms with Gasteiger partial charge < -0.3 is 15.0 Å². The van der Waals surface area contributed by atoms with Gasteiger partial charge in [0.1, 0.15) is 11.1 Å². The molecule has 40 heavy (non-hydrogen) atoms. The van der Waals surface area contributed by atoms with Gasteiger partial charge in [-0.1, -0.05) is 30.3 Å². The first-order valence-corrected chi connectivity index (χ1v) is 14.9. The highest BCUT2D eigenvalue weighted by Gasteiger charge is 2.42. The van der Waals surface area contributed by atoms with Crippen molar-refractivity contribution in [1.82, 2.24) is 14.9 Å². The number of benzene rings is 2. The van der Waals surface area contributed by atoms with Gasteiger partial charge in [-0.05, 0) is 68.7 Å². The number of rotatable bonds is 9. The van der Waals surface area contributed by atoms with Gasteiger partial charge in [0.2, 0.25) is 15.9 Å². The molecule has 10 nitrogen and oxygen atoms in total. The number of Topliss-reactive ketones (excluding diaryl/α,β-unsaturated/α-hetero) is 1. The van der Waals surface area contributed by atoms with Crippen molar-refractivity contribution in [2.24, 2.45) is 10.9 Å². The van der Waals surface area contributed by atoms with Crippen molar-refractivity contribution in [2.45, 2.75) is 56.1 Å². The fourth-order valence-electron chi connectivity index (χ4n) is 4.88. The third kappa shape index (κ3) is 7.14. The molecule has 2 heterocycles. The first-order valence-electron chi connectivity index (χ1n) is 13.4. The average molecular weight is 569 g/mol. The fraction of sp³-hybridized carbons (Fsp3) is 0.448. The summed E-state index contributed by atoms with van der Waals surface area (Å²) in [5, 5.41) is 4.39. The molecule has 2 aliphatic heterocycles. The number of carbonyl (C=O) groups is 3. The van der Waals surface area contributed by atoms with Gasteiger partial charge in [-0.25, -0.2) is 17.9 Å². The van der Waals surface area contributed by atoms with Gasteiger partial charge in [-0.2, -0.15) is 0 Å². The number of carbonyl (C=O) groups excluding carboxylic acids is 3. The molecule has 1 unspecified atom stereocenters. The number of fused-ring (bicyclic) bond motifs is 1. The summed E-state index contributed by atoms with van der Waals surface area (Å²) < 4.78 is 33.2. The van der Waals surface area contributed by atoms with Crippen molar-refractivity contribution in [3.63, 3.8) is 0 Å². The predicted octanol–water partition coefficient (Wildman–Crippen LogP) is 3.22. The molecule has 0 aromatic heterocycles. The van der Waals surface area contributed by atoms with Gasteiger partial charge in [0.15, 0.2) is 5.78 Å². The van der Waals surface area contributed by atoms with E-state index in [1.165, 1.54) is 6.07 Å². The minimum absolute atomic E-state index is 0.0485. The number of allylic oxidation sites excluding steroid dienone is 1. The van der Waals surface area contributed by atoms with E-state index in [2.05, 4.69) is 15.0 Å². The van der Waals surface area contributed by atoms with E-state index in [1.807, 2.05) is 45.0 Å². The number of likely N-dealkylation sites (tertiary alicyclic amines) is 1. The average Bonchev–Trinajstić information content (AvgIpc) is 3.40. The zero-order chi connectivity index (χ0) is 29.0. The molecule has 0 bridgehead atoms. The zero-order valence-electron chi connectivity index (χ0n) is 23.1. The molecule has 2 aromatic rings. The highest BCUT2D eigenvalue weighted by Crippen LogP contribution is 2.31. The van der Waals surface area contributed by atoms with Crippen LogP contribution in [0.25, 0.3) is 10.8 Å². The monoisotopic (exact) mass is 568 g/mol. The minimum Gasteiger partial charge on any atom is -0.444 e. The van der Waals surface area contributed by atoms with Crippen molar-refractivity contribution < 1.29 is 27.5 Å². The lowest BCUT2D eigenvalue weighted by molar-refractivity contribution is -0.128. The molecule has 214 valence electrons. The summed E-state index contributed by atoms with van der Waals surface area (Å²) >= 11 is 0. The van der Waals surface area contributed by atoms with Gasteiger partial charge in [0, 0.05) is 38.2 Å². The van der Waals surface area contributed by atoms with Gasteiger partial charge >= 0.3 is 6.09 Å². The minimum atomic E-state index is -3.89. The maximum absolute atomic E-state index is 13.5. The third-order valence-corrected chi connectivity index (χ3v) is 8.39. The lowest BCUT2D eigenvalue weighted by Crippen LogP contribution is -2.47. The van der Waals surface area contributed by atoms with Gasteiger partial charge in [0.25, 0.3) is 0 Å². The molecule has 2 aliphatic rings. The third-order valence-electron chi connectivity index (χ3n) is 6.99. The van der Waals surface area contributed by atoms with Crippen LogP contribution in [0.3, 0.4) is 0 Å². The van der Waals surface area contributed by atoms with Gasteiger partial charge in [0.05, 0.1) is 11.4 Å². The smallest absolute Gasteiger partial charge is 0.410 e. The molecule has 1 fully saturated rings. The molecule has 0 spiro atoms. The summed E-state index contributed by atoms with van der Waals surface area (Å²) in [6, 6.07) is 12.2. The first-order chi connectivity index (χ1) is 18.9. The lowest BCUT2D eigenvalue weighted by atomic mass is 9.79. The van der Waals surface area contributed by atoms with E-state index in [-0.39, 0.29) is 35.7 Å². The largest absolute Gasteiger partial charge is 0.444 e. The summed E-state index contributed by atoms with van der Waals surface area (Å²) in [4.78, 5) is 44.5. The first kappa shape index (κ1) is 29.4. The summed E-state index contributed by atoms with van der Waals surface area (Å²) in [7, 11) is -3.89. The van der Waals surface area contributed by atoms with E-state index < -0.39 is 33.6 Å². The predicted molar refractivity (Wildman–Crippen MR) is 153 cm³/mol. The Morgan fingerprint density at radius 3 is 2.42 bits per heavy atom. The van der Waals surface area contributed by atoms with Crippen molar-refractivity contribution in [3.8, 4) is 0 Å². The number of nitrogens with zero attached hydrogens (tertiary/aromatic N) is 2. The Balaban J connectivity index is 1.27. The van der Waals surface area contributed by atoms with Crippen molar-refractivity contribution >= 4 is 44.8 Å². The standard InChI is InChI=1S/C29H36N4O6S/c1-28(2,3)39-27(36)33-17-11-22(12-18-33)26(35)29(13-6-15-31-29)14-16-30-25(34)20-32-40(37,38)24-10-9-21-7-4-5-8-23(21)19-24/h4-10,13,15,19,22,32H,11-12,14,16-18,20H2,1-3H3,(H,30,34). The van der Waals surface area contributed by atoms with Crippen LogP contribution in [0.4, 0.5) is 4.79 Å². The molecule has 0 radical (unpaired) electrons. The molecule has 1 saturated heterocycles. The fourth-order valence-corrected chi connectivity index (χ4v) is 5.89. The second-order valence-corrected chi connectivity index (χ2v) is 12.9. The number of piperidine rings is 1. The quantitative estimate of drug-likeness (QED) is 0.477. The van der Waals surface area contributed by atoms with Crippen LogP contribution < -0.4 is 10.0 Å². The maximum atomic E-state index is 13.5. The number of aliphatic imine (C=N–C) groups is 1. The molecule has 2 aromatic carbocycles. The van der Waals surface area contributed by atoms with E-state index in [0.29, 0.717) is 25.9 Å². The number of ether oxygens (including phenoxy) is 1. The van der Waals surface area contributed by atoms with Crippen LogP contribution in [0.1, 0.15) is 40.0 Å². The molecule has 11 heteroatoms. The van der Waals surface area contributed by atoms with Crippen LogP contribution in [-0.2, 0) is 24.3 Å². The zero-order valence-corrected chi connectivity index (χ0v) is 23.9. The van der Waals surface area contributed by atoms with Crippen molar-refractivity contribution in [1.29, 1.82) is 0 Å². The number of sulfonamides is 1. The molecule has 0 aliphatic carbocycles. The van der Waals surface area contributed by atoms with Crippen molar-refractivity contribution in [3.05, 3.63) is 54.6 Å². The van der Waals surface area contributed by atoms with Gasteiger partial charge in [-0.15, -0.1) is 0 Å². The Hall–Kier alpha value is -3.57. The Morgan fingerprint density at radius 2 is 1.77 bits per heavy atom. The molecule has 1 atom stereocenters. The van der Waals surface area contributed by atoms with Crippen LogP contribution in [0.2, 0.25) is 0 Å². The summed E-state index contributed by atoms with van der Waals surface area (Å²) in [6.07, 6.45) is 5.91. The van der Waals surface area contributed by atoms with Crippen LogP contribution in [-0.4, -0.2) is 74.6 Å². The van der Waals surface area contributed by atoms with E-state index in [4.69, 9.17) is 4.74 Å². The van der Waals surface area contributed by atoms with Crippen LogP contribution >= 0.6 is 0 Å². The van der Waals surface area contributed by atoms with E-state index in [0.717, 1.165) is 10.8 Å². The number of ketones is 1. The SMILES string of the molecule is CC(C)(C)OC(=O)N1CCC(C(=O)C2(CCNC(=O)CNS(=O)(=O)c3ccc4ccccc4c3)C=CC=N2)CC1. The summed E-state index contributed by atoms with van der Waals surface area (Å²) in [5.74, 6) is -0.834. The van der Waals surface area contributed by atoms with Crippen molar-refractivity contribution in [2.75, 3.05) is 26.2 Å². The Labute approximate surface area is 234 Å². The maximum Gasteiger partial charge on any atom is 0.410 e. The second-order valence-electron chi connectivity index (χ2n) is 11.1. The van der Waals surface area contributed by atoms with Crippen LogP contribution in [0.5, 0.6) is 0 Å². The van der Waals surface area contributed by atoms with E-state index in [1.54, 1.807) is 35.4 Å². The second kappa shape index (κ2) is 11.9. The molecule has 4 rings (SSSR count). The Bertz CT molecular complexity index is 1420. The van der Waals surface area contributed by atoms with Gasteiger partial charge in [-0.3, -0.25) is 14.6 Å². The molecule has 0 saturated carbocycles. The molecule has 2 N–H and O–H groups in total. The molecular formula is C29H36N4O6S.